The molecule has 0 spiro atoms. The van der Waals surface area contributed by atoms with E-state index < -0.39 is 10.0 Å². The SMILES string of the molecule is COC1CCN(C2CCN(C(=O)CCNS(=O)(=O)c3c(C)c(C)cc(C)c3C)CC2)CC1. The molecule has 2 aliphatic rings. The summed E-state index contributed by atoms with van der Waals surface area (Å²) in [6, 6.07) is 2.54. The van der Waals surface area contributed by atoms with E-state index in [4.69, 9.17) is 4.74 Å². The highest BCUT2D eigenvalue weighted by molar-refractivity contribution is 7.89. The minimum Gasteiger partial charge on any atom is -0.381 e. The first-order chi connectivity index (χ1) is 15.1. The molecule has 32 heavy (non-hydrogen) atoms. The second-order valence-corrected chi connectivity index (χ2v) is 11.0. The van der Waals surface area contributed by atoms with Gasteiger partial charge in [0.25, 0.3) is 0 Å². The lowest BCUT2D eigenvalue weighted by Crippen LogP contribution is -2.50. The fourth-order valence-electron chi connectivity index (χ4n) is 5.06. The molecule has 7 nitrogen and oxygen atoms in total. The summed E-state index contributed by atoms with van der Waals surface area (Å²) in [7, 11) is -1.87. The fraction of sp³-hybridized carbons (Fsp3) is 0.708. The Kier molecular flexibility index (Phi) is 8.36. The molecule has 0 radical (unpaired) electrons. The Morgan fingerprint density at radius 1 is 1.00 bits per heavy atom. The number of rotatable bonds is 7. The van der Waals surface area contributed by atoms with Crippen molar-refractivity contribution < 1.29 is 17.9 Å². The van der Waals surface area contributed by atoms with Crippen LogP contribution in [0.4, 0.5) is 0 Å². The molecule has 180 valence electrons. The fourth-order valence-corrected chi connectivity index (χ4v) is 6.71. The first-order valence-electron chi connectivity index (χ1n) is 11.8. The van der Waals surface area contributed by atoms with Crippen LogP contribution in [0.5, 0.6) is 0 Å². The first-order valence-corrected chi connectivity index (χ1v) is 13.2. The van der Waals surface area contributed by atoms with E-state index in [-0.39, 0.29) is 18.9 Å². The summed E-state index contributed by atoms with van der Waals surface area (Å²) < 4.78 is 34.0. The van der Waals surface area contributed by atoms with Gasteiger partial charge in [0, 0.05) is 52.3 Å². The number of ether oxygens (including phenoxy) is 1. The third-order valence-corrected chi connectivity index (χ3v) is 9.07. The molecular weight excluding hydrogens is 426 g/mol. The van der Waals surface area contributed by atoms with Crippen LogP contribution in [0.3, 0.4) is 0 Å². The molecule has 0 aliphatic carbocycles. The van der Waals surface area contributed by atoms with E-state index in [0.29, 0.717) is 17.0 Å². The predicted molar refractivity (Wildman–Crippen MR) is 126 cm³/mol. The topological polar surface area (TPSA) is 79.0 Å². The van der Waals surface area contributed by atoms with E-state index in [9.17, 15) is 13.2 Å². The molecule has 1 aromatic carbocycles. The van der Waals surface area contributed by atoms with E-state index >= 15 is 0 Å². The Bertz CT molecular complexity index is 889. The van der Waals surface area contributed by atoms with E-state index in [0.717, 1.165) is 74.1 Å². The Balaban J connectivity index is 1.48. The van der Waals surface area contributed by atoms with Gasteiger partial charge in [-0.1, -0.05) is 6.07 Å². The summed E-state index contributed by atoms with van der Waals surface area (Å²) >= 11 is 0. The summed E-state index contributed by atoms with van der Waals surface area (Å²) in [5, 5.41) is 0. The molecule has 8 heteroatoms. The maximum atomic E-state index is 12.9. The van der Waals surface area contributed by atoms with Crippen LogP contribution in [0.1, 0.15) is 54.4 Å². The minimum atomic E-state index is -3.66. The van der Waals surface area contributed by atoms with Crippen LogP contribution in [0.2, 0.25) is 0 Å². The van der Waals surface area contributed by atoms with Crippen molar-refractivity contribution in [3.05, 3.63) is 28.3 Å². The number of piperidine rings is 2. The second-order valence-electron chi connectivity index (χ2n) is 9.32. The maximum Gasteiger partial charge on any atom is 0.241 e. The van der Waals surface area contributed by atoms with E-state index in [1.165, 1.54) is 0 Å². The molecule has 2 fully saturated rings. The smallest absolute Gasteiger partial charge is 0.241 e. The molecule has 1 aromatic rings. The zero-order valence-corrected chi connectivity index (χ0v) is 21.1. The van der Waals surface area contributed by atoms with Gasteiger partial charge in [0.1, 0.15) is 0 Å². The third kappa shape index (κ3) is 5.71. The van der Waals surface area contributed by atoms with Gasteiger partial charge in [0.2, 0.25) is 15.9 Å². The molecule has 3 rings (SSSR count). The van der Waals surface area contributed by atoms with Gasteiger partial charge >= 0.3 is 0 Å². The first kappa shape index (κ1) is 25.1. The van der Waals surface area contributed by atoms with Crippen LogP contribution in [0, 0.1) is 27.7 Å². The van der Waals surface area contributed by atoms with Crippen molar-refractivity contribution in [3.8, 4) is 0 Å². The van der Waals surface area contributed by atoms with Crippen LogP contribution in [-0.4, -0.2) is 76.1 Å². The number of hydrogen-bond donors (Lipinski definition) is 1. The number of hydrogen-bond acceptors (Lipinski definition) is 5. The number of methoxy groups -OCH3 is 1. The molecule has 2 saturated heterocycles. The number of benzene rings is 1. The van der Waals surface area contributed by atoms with Crippen LogP contribution in [-0.2, 0) is 19.6 Å². The normalized spacial score (nSPS) is 19.5. The Morgan fingerprint density at radius 2 is 1.56 bits per heavy atom. The van der Waals surface area contributed by atoms with Crippen molar-refractivity contribution in [2.45, 2.75) is 76.8 Å². The standard InChI is InChI=1S/C24H39N3O4S/c1-17-16-18(2)20(4)24(19(17)3)32(29,30)25-11-6-23(28)27-12-7-21(8-13-27)26-14-9-22(31-5)10-15-26/h16,21-22,25H,6-15H2,1-5H3. The molecule has 0 saturated carbocycles. The van der Waals surface area contributed by atoms with Gasteiger partial charge in [-0.25, -0.2) is 13.1 Å². The van der Waals surface area contributed by atoms with Gasteiger partial charge in [-0.15, -0.1) is 0 Å². The Morgan fingerprint density at radius 3 is 2.09 bits per heavy atom. The van der Waals surface area contributed by atoms with Gasteiger partial charge in [-0.2, -0.15) is 0 Å². The number of carbonyl (C=O) groups excluding carboxylic acids is 1. The number of sulfonamides is 1. The summed E-state index contributed by atoms with van der Waals surface area (Å²) in [5.74, 6) is 0.0260. The quantitative estimate of drug-likeness (QED) is 0.670. The molecule has 0 bridgehead atoms. The number of nitrogens with zero attached hydrogens (tertiary/aromatic N) is 2. The molecule has 2 aliphatic heterocycles. The zero-order valence-electron chi connectivity index (χ0n) is 20.2. The third-order valence-electron chi connectivity index (χ3n) is 7.34. The van der Waals surface area contributed by atoms with Crippen LogP contribution >= 0.6 is 0 Å². The van der Waals surface area contributed by atoms with Gasteiger partial charge in [0.05, 0.1) is 11.0 Å². The van der Waals surface area contributed by atoms with Crippen molar-refractivity contribution in [2.24, 2.45) is 0 Å². The van der Waals surface area contributed by atoms with E-state index in [1.54, 1.807) is 7.11 Å². The van der Waals surface area contributed by atoms with Crippen LogP contribution in [0.25, 0.3) is 0 Å². The summed E-state index contributed by atoms with van der Waals surface area (Å²) in [4.78, 5) is 17.5. The monoisotopic (exact) mass is 465 g/mol. The Hall–Kier alpha value is -1.48. The van der Waals surface area contributed by atoms with Gasteiger partial charge in [-0.05, 0) is 75.6 Å². The lowest BCUT2D eigenvalue weighted by molar-refractivity contribution is -0.132. The van der Waals surface area contributed by atoms with Crippen molar-refractivity contribution in [1.82, 2.24) is 14.5 Å². The molecule has 1 N–H and O–H groups in total. The van der Waals surface area contributed by atoms with Crippen molar-refractivity contribution in [2.75, 3.05) is 39.8 Å². The van der Waals surface area contributed by atoms with Gasteiger partial charge in [0.15, 0.2) is 0 Å². The lowest BCUT2D eigenvalue weighted by atomic mass is 9.98. The van der Waals surface area contributed by atoms with Gasteiger partial charge in [-0.3, -0.25) is 4.79 Å². The minimum absolute atomic E-state index is 0.0260. The number of carbonyl (C=O) groups is 1. The average molecular weight is 466 g/mol. The maximum absolute atomic E-state index is 12.9. The average Bonchev–Trinajstić information content (AvgIpc) is 2.77. The van der Waals surface area contributed by atoms with E-state index in [2.05, 4.69) is 9.62 Å². The van der Waals surface area contributed by atoms with Gasteiger partial charge < -0.3 is 14.5 Å². The number of aryl methyl sites for hydroxylation is 2. The summed E-state index contributed by atoms with van der Waals surface area (Å²) in [6.45, 7) is 11.3. The van der Waals surface area contributed by atoms with Crippen molar-refractivity contribution in [3.63, 3.8) is 0 Å². The predicted octanol–water partition coefficient (Wildman–Crippen LogP) is 2.69. The number of amides is 1. The highest BCUT2D eigenvalue weighted by atomic mass is 32.2. The largest absolute Gasteiger partial charge is 0.381 e. The lowest BCUT2D eigenvalue weighted by Gasteiger charge is -2.41. The summed E-state index contributed by atoms with van der Waals surface area (Å²) in [6.07, 6.45) is 4.69. The number of likely N-dealkylation sites (tertiary alicyclic amines) is 2. The van der Waals surface area contributed by atoms with Crippen LogP contribution in [0.15, 0.2) is 11.0 Å². The van der Waals surface area contributed by atoms with Crippen molar-refractivity contribution >= 4 is 15.9 Å². The van der Waals surface area contributed by atoms with Crippen molar-refractivity contribution in [1.29, 1.82) is 0 Å². The molecule has 1 amide bonds. The summed E-state index contributed by atoms with van der Waals surface area (Å²) in [5.41, 5.74) is 3.45. The molecule has 0 aromatic heterocycles. The Labute approximate surface area is 193 Å². The number of nitrogens with one attached hydrogen (secondary N) is 1. The highest BCUT2D eigenvalue weighted by Gasteiger charge is 2.30. The molecule has 2 heterocycles. The van der Waals surface area contributed by atoms with Crippen LogP contribution < -0.4 is 4.72 Å². The second kappa shape index (κ2) is 10.6. The molecule has 0 atom stereocenters. The highest BCUT2D eigenvalue weighted by Crippen LogP contribution is 2.26. The van der Waals surface area contributed by atoms with E-state index in [1.807, 2.05) is 38.7 Å². The molecular formula is C24H39N3O4S. The molecule has 0 unspecified atom stereocenters. The zero-order chi connectivity index (χ0) is 23.5.